The molecule has 39 heavy (non-hydrogen) atoms. The molecule has 3 aromatic heterocycles. The molecule has 1 aliphatic carbocycles. The second-order valence-electron chi connectivity index (χ2n) is 11.2. The number of pyridine rings is 3. The van der Waals surface area contributed by atoms with Gasteiger partial charge < -0.3 is 20.5 Å². The number of carbonyl (C=O) groups is 1. The number of nitrogens with zero attached hydrogens (tertiary/aromatic N) is 3. The van der Waals surface area contributed by atoms with Gasteiger partial charge in [0.05, 0.1) is 21.9 Å². The SMILES string of the molecule is CCC[C@@H](N)c1cnc(OC2CC(S(C)(=O)=O)C2)c2cnc(Nc3ccc4c(n3)[C@@H](C)C(C)(C)OC4=O)cc12. The van der Waals surface area contributed by atoms with Crippen molar-refractivity contribution in [2.75, 3.05) is 11.6 Å². The van der Waals surface area contributed by atoms with E-state index in [-0.39, 0.29) is 29.3 Å². The van der Waals surface area contributed by atoms with Gasteiger partial charge in [-0.2, -0.15) is 0 Å². The van der Waals surface area contributed by atoms with Gasteiger partial charge in [0.25, 0.3) is 0 Å². The number of sulfone groups is 1. The highest BCUT2D eigenvalue weighted by Crippen LogP contribution is 2.39. The lowest BCUT2D eigenvalue weighted by atomic mass is 9.84. The van der Waals surface area contributed by atoms with Crippen LogP contribution in [0.15, 0.2) is 30.6 Å². The van der Waals surface area contributed by atoms with E-state index in [9.17, 15) is 13.2 Å². The summed E-state index contributed by atoms with van der Waals surface area (Å²) in [5.74, 6) is 1.07. The Kier molecular flexibility index (Phi) is 7.00. The number of hydrogen-bond donors (Lipinski definition) is 2. The Morgan fingerprint density at radius 2 is 1.92 bits per heavy atom. The zero-order chi connectivity index (χ0) is 28.1. The number of nitrogens with one attached hydrogen (secondary N) is 1. The standard InChI is InChI=1S/C28H35N5O5S/c1-6-7-22(29)20-13-31-26(37-16-10-17(11-16)39(5,35)36)21-14-30-24(12-19(20)21)32-23-9-8-18-25(33-23)15(2)28(3,4)38-27(18)34/h8-9,12-17,22H,6-7,10-11,29H2,1-5H3,(H,30,32,33)/t15-,16?,17?,22-/m1/s1. The average molecular weight is 554 g/mol. The minimum Gasteiger partial charge on any atom is -0.474 e. The van der Waals surface area contributed by atoms with Crippen LogP contribution in [0.25, 0.3) is 10.8 Å². The van der Waals surface area contributed by atoms with Crippen LogP contribution in [0.2, 0.25) is 0 Å². The summed E-state index contributed by atoms with van der Waals surface area (Å²) in [7, 11) is -3.08. The van der Waals surface area contributed by atoms with Crippen molar-refractivity contribution >= 4 is 38.2 Å². The maximum absolute atomic E-state index is 12.5. The maximum atomic E-state index is 12.5. The molecule has 2 atom stereocenters. The fourth-order valence-corrected chi connectivity index (χ4v) is 6.20. The van der Waals surface area contributed by atoms with E-state index >= 15 is 0 Å². The van der Waals surface area contributed by atoms with E-state index in [0.717, 1.165) is 23.8 Å². The van der Waals surface area contributed by atoms with E-state index in [4.69, 9.17) is 20.2 Å². The summed E-state index contributed by atoms with van der Waals surface area (Å²) >= 11 is 0. The lowest BCUT2D eigenvalue weighted by molar-refractivity contribution is -0.0189. The Labute approximate surface area is 228 Å². The third-order valence-electron chi connectivity index (χ3n) is 7.91. The number of cyclic esters (lactones) is 1. The largest absolute Gasteiger partial charge is 0.474 e. The summed E-state index contributed by atoms with van der Waals surface area (Å²) in [6.07, 6.45) is 7.06. The summed E-state index contributed by atoms with van der Waals surface area (Å²) < 4.78 is 35.3. The van der Waals surface area contributed by atoms with Crippen LogP contribution in [0.3, 0.4) is 0 Å². The van der Waals surface area contributed by atoms with Crippen molar-refractivity contribution in [1.29, 1.82) is 0 Å². The number of anilines is 2. The van der Waals surface area contributed by atoms with Gasteiger partial charge in [0, 0.05) is 43.5 Å². The van der Waals surface area contributed by atoms with Crippen molar-refractivity contribution in [3.63, 3.8) is 0 Å². The Balaban J connectivity index is 1.47. The van der Waals surface area contributed by atoms with Gasteiger partial charge in [-0.05, 0) is 49.4 Å². The molecule has 0 saturated heterocycles. The van der Waals surface area contributed by atoms with E-state index in [2.05, 4.69) is 22.2 Å². The molecule has 11 heteroatoms. The minimum atomic E-state index is -3.08. The fraction of sp³-hybridized carbons (Fsp3) is 0.500. The molecule has 1 aliphatic heterocycles. The smallest absolute Gasteiger partial charge is 0.340 e. The number of hydrogen-bond acceptors (Lipinski definition) is 10. The Morgan fingerprint density at radius 3 is 2.62 bits per heavy atom. The number of fused-ring (bicyclic) bond motifs is 2. The van der Waals surface area contributed by atoms with Crippen molar-refractivity contribution in [3.8, 4) is 5.88 Å². The van der Waals surface area contributed by atoms with Gasteiger partial charge in [-0.3, -0.25) is 0 Å². The molecule has 2 aliphatic rings. The molecule has 1 saturated carbocycles. The number of ether oxygens (including phenoxy) is 2. The van der Waals surface area contributed by atoms with Gasteiger partial charge in [0.2, 0.25) is 5.88 Å². The molecule has 3 aromatic rings. The van der Waals surface area contributed by atoms with E-state index in [1.807, 2.05) is 26.8 Å². The zero-order valence-electron chi connectivity index (χ0n) is 22.9. The number of esters is 1. The molecule has 208 valence electrons. The summed E-state index contributed by atoms with van der Waals surface area (Å²) in [6, 6.07) is 5.14. The molecule has 0 amide bonds. The van der Waals surface area contributed by atoms with Gasteiger partial charge in [0.1, 0.15) is 23.3 Å². The first-order chi connectivity index (χ1) is 18.4. The lowest BCUT2D eigenvalue weighted by Crippen LogP contribution is -2.42. The number of aromatic nitrogens is 3. The molecule has 10 nitrogen and oxygen atoms in total. The van der Waals surface area contributed by atoms with Gasteiger partial charge in [-0.25, -0.2) is 28.2 Å². The molecule has 5 rings (SSSR count). The highest BCUT2D eigenvalue weighted by atomic mass is 32.2. The maximum Gasteiger partial charge on any atom is 0.340 e. The molecule has 1 fully saturated rings. The van der Waals surface area contributed by atoms with Crippen LogP contribution in [0.1, 0.15) is 87.0 Å². The third kappa shape index (κ3) is 5.29. The van der Waals surface area contributed by atoms with Crippen molar-refractivity contribution in [2.45, 2.75) is 82.3 Å². The van der Waals surface area contributed by atoms with Crippen LogP contribution in [-0.4, -0.2) is 52.5 Å². The Hall–Kier alpha value is -3.31. The Morgan fingerprint density at radius 1 is 1.18 bits per heavy atom. The van der Waals surface area contributed by atoms with Gasteiger partial charge in [-0.15, -0.1) is 0 Å². The Bertz CT molecular complexity index is 1530. The topological polar surface area (TPSA) is 146 Å². The summed E-state index contributed by atoms with van der Waals surface area (Å²) in [5, 5.41) is 4.46. The van der Waals surface area contributed by atoms with Crippen LogP contribution in [-0.2, 0) is 14.6 Å². The minimum absolute atomic E-state index is 0.0882. The first-order valence-electron chi connectivity index (χ1n) is 13.3. The molecular weight excluding hydrogens is 518 g/mol. The van der Waals surface area contributed by atoms with Gasteiger partial charge in [-0.1, -0.05) is 20.3 Å². The molecule has 0 radical (unpaired) electrons. The molecule has 0 aromatic carbocycles. The van der Waals surface area contributed by atoms with Crippen molar-refractivity contribution < 1.29 is 22.7 Å². The quantitative estimate of drug-likeness (QED) is 0.380. The van der Waals surface area contributed by atoms with E-state index < -0.39 is 15.4 Å². The lowest BCUT2D eigenvalue weighted by Gasteiger charge is -2.36. The summed E-state index contributed by atoms with van der Waals surface area (Å²) in [4.78, 5) is 26.3. The number of carbonyl (C=O) groups excluding carboxylic acids is 1. The van der Waals surface area contributed by atoms with Crippen molar-refractivity contribution in [1.82, 2.24) is 15.0 Å². The highest BCUT2D eigenvalue weighted by molar-refractivity contribution is 7.91. The zero-order valence-corrected chi connectivity index (χ0v) is 23.7. The van der Waals surface area contributed by atoms with E-state index in [1.165, 1.54) is 6.26 Å². The van der Waals surface area contributed by atoms with Crippen LogP contribution < -0.4 is 15.8 Å². The van der Waals surface area contributed by atoms with Crippen molar-refractivity contribution in [3.05, 3.63) is 47.4 Å². The van der Waals surface area contributed by atoms with Gasteiger partial charge in [0.15, 0.2) is 9.84 Å². The first-order valence-corrected chi connectivity index (χ1v) is 15.2. The van der Waals surface area contributed by atoms with Crippen LogP contribution in [0.4, 0.5) is 11.6 Å². The second-order valence-corrected chi connectivity index (χ2v) is 13.5. The van der Waals surface area contributed by atoms with Crippen LogP contribution in [0, 0.1) is 0 Å². The van der Waals surface area contributed by atoms with E-state index in [0.29, 0.717) is 47.0 Å². The molecular formula is C28H35N5O5S. The van der Waals surface area contributed by atoms with Crippen molar-refractivity contribution in [2.24, 2.45) is 5.73 Å². The fourth-order valence-electron chi connectivity index (χ4n) is 5.07. The molecule has 0 spiro atoms. The average Bonchev–Trinajstić information content (AvgIpc) is 2.83. The van der Waals surface area contributed by atoms with E-state index in [1.54, 1.807) is 24.5 Å². The predicted octanol–water partition coefficient (Wildman–Crippen LogP) is 4.58. The van der Waals surface area contributed by atoms with Crippen LogP contribution >= 0.6 is 0 Å². The normalized spacial score (nSPS) is 22.9. The van der Waals surface area contributed by atoms with Gasteiger partial charge >= 0.3 is 5.97 Å². The summed E-state index contributed by atoms with van der Waals surface area (Å²) in [5.41, 5.74) is 7.88. The molecule has 3 N–H and O–H groups in total. The van der Waals surface area contributed by atoms with Crippen LogP contribution in [0.5, 0.6) is 5.88 Å². The second kappa shape index (κ2) is 10.0. The number of nitrogens with two attached hydrogens (primary N) is 1. The summed E-state index contributed by atoms with van der Waals surface area (Å²) in [6.45, 7) is 7.83. The molecule has 0 unspecified atom stereocenters. The number of rotatable bonds is 8. The highest BCUT2D eigenvalue weighted by Gasteiger charge is 2.40. The predicted molar refractivity (Wildman–Crippen MR) is 149 cm³/mol. The third-order valence-corrected chi connectivity index (χ3v) is 9.51. The first kappa shape index (κ1) is 27.3. The molecule has 4 heterocycles. The molecule has 0 bridgehead atoms. The monoisotopic (exact) mass is 553 g/mol.